The molecule has 1 saturated heterocycles. The molecule has 1 fully saturated rings. The number of halogens is 3. The Hall–Kier alpha value is -2.93. The Kier molecular flexibility index (Phi) is 6.33. The van der Waals surface area contributed by atoms with Crippen LogP contribution < -0.4 is 0 Å². The van der Waals surface area contributed by atoms with Crippen LogP contribution in [0.2, 0.25) is 0 Å². The number of alkyl halides is 3. The first kappa shape index (κ1) is 23.7. The van der Waals surface area contributed by atoms with Crippen LogP contribution in [0.3, 0.4) is 0 Å². The highest BCUT2D eigenvalue weighted by Gasteiger charge is 2.45. The molecular formula is C22H22F3N3O3S. The summed E-state index contributed by atoms with van der Waals surface area (Å²) in [6, 6.07) is 8.64. The third-order valence-corrected chi connectivity index (χ3v) is 8.65. The molecule has 32 heavy (non-hydrogen) atoms. The van der Waals surface area contributed by atoms with E-state index in [1.807, 2.05) is 6.07 Å². The third kappa shape index (κ3) is 4.48. The highest BCUT2D eigenvalue weighted by atomic mass is 32.2. The second-order valence-electron chi connectivity index (χ2n) is 8.24. The molecule has 0 spiro atoms. The van der Waals surface area contributed by atoms with Crippen LogP contribution in [0, 0.1) is 17.2 Å². The zero-order valence-corrected chi connectivity index (χ0v) is 18.4. The molecule has 1 aliphatic rings. The Bertz CT molecular complexity index is 1150. The summed E-state index contributed by atoms with van der Waals surface area (Å²) < 4.78 is 64.3. The first-order valence-corrected chi connectivity index (χ1v) is 11.4. The van der Waals surface area contributed by atoms with Crippen LogP contribution in [-0.4, -0.2) is 42.0 Å². The zero-order chi connectivity index (χ0) is 23.7. The van der Waals surface area contributed by atoms with Gasteiger partial charge >= 0.3 is 6.18 Å². The summed E-state index contributed by atoms with van der Waals surface area (Å²) in [5, 5.41) is 8.81. The van der Waals surface area contributed by atoms with Crippen LogP contribution in [0.4, 0.5) is 13.2 Å². The monoisotopic (exact) mass is 465 g/mol. The number of rotatable bonds is 4. The van der Waals surface area contributed by atoms with Crippen LogP contribution in [0.25, 0.3) is 0 Å². The molecule has 0 bridgehead atoms. The van der Waals surface area contributed by atoms with Gasteiger partial charge in [-0.25, -0.2) is 13.4 Å². The number of likely N-dealkylation sites (tertiary alicyclic amines) is 1. The van der Waals surface area contributed by atoms with E-state index in [0.717, 1.165) is 12.1 Å². The summed E-state index contributed by atoms with van der Waals surface area (Å²) in [6.07, 6.45) is -2.53. The number of nitrogens with zero attached hydrogens (tertiary/aromatic N) is 3. The fourth-order valence-electron chi connectivity index (χ4n) is 3.91. The maximum absolute atomic E-state index is 13.2. The Morgan fingerprint density at radius 2 is 1.81 bits per heavy atom. The summed E-state index contributed by atoms with van der Waals surface area (Å²) in [7, 11) is -4.06. The third-order valence-electron chi connectivity index (χ3n) is 6.05. The summed E-state index contributed by atoms with van der Waals surface area (Å²) >= 11 is 0. The molecule has 1 aliphatic heterocycles. The van der Waals surface area contributed by atoms with Gasteiger partial charge in [-0.1, -0.05) is 6.07 Å². The molecule has 1 aromatic heterocycles. The van der Waals surface area contributed by atoms with Gasteiger partial charge in [0.05, 0.1) is 20.8 Å². The molecule has 0 atom stereocenters. The average molecular weight is 465 g/mol. The van der Waals surface area contributed by atoms with Crippen molar-refractivity contribution in [2.24, 2.45) is 5.92 Å². The molecule has 0 N–H and O–H groups in total. The smallest absolute Gasteiger partial charge is 0.339 e. The minimum Gasteiger partial charge on any atom is -0.339 e. The van der Waals surface area contributed by atoms with Crippen LogP contribution in [-0.2, 0) is 16.0 Å². The minimum absolute atomic E-state index is 0.196. The molecule has 2 aromatic rings. The Labute approximate surface area is 184 Å². The zero-order valence-electron chi connectivity index (χ0n) is 17.6. The summed E-state index contributed by atoms with van der Waals surface area (Å²) in [6.45, 7) is 3.67. The molecule has 10 heteroatoms. The van der Waals surface area contributed by atoms with Crippen molar-refractivity contribution in [2.75, 3.05) is 13.1 Å². The Morgan fingerprint density at radius 3 is 2.34 bits per heavy atom. The van der Waals surface area contributed by atoms with E-state index in [2.05, 4.69) is 4.98 Å². The van der Waals surface area contributed by atoms with E-state index >= 15 is 0 Å². The van der Waals surface area contributed by atoms with Crippen molar-refractivity contribution < 1.29 is 26.4 Å². The van der Waals surface area contributed by atoms with Crippen molar-refractivity contribution in [3.8, 4) is 6.07 Å². The molecule has 0 aliphatic carbocycles. The second kappa shape index (κ2) is 8.54. The number of sulfone groups is 1. The molecule has 170 valence electrons. The van der Waals surface area contributed by atoms with Gasteiger partial charge in [0, 0.05) is 19.3 Å². The number of amides is 1. The minimum atomic E-state index is -4.64. The molecule has 0 unspecified atom stereocenters. The molecule has 0 saturated carbocycles. The van der Waals surface area contributed by atoms with Gasteiger partial charge in [-0.3, -0.25) is 4.79 Å². The number of piperidine rings is 1. The number of nitriles is 1. The van der Waals surface area contributed by atoms with E-state index in [0.29, 0.717) is 37.6 Å². The van der Waals surface area contributed by atoms with Gasteiger partial charge in [0.25, 0.3) is 5.91 Å². The van der Waals surface area contributed by atoms with Crippen molar-refractivity contribution in [1.82, 2.24) is 9.88 Å². The maximum Gasteiger partial charge on any atom is 0.416 e. The van der Waals surface area contributed by atoms with Gasteiger partial charge in [0.15, 0.2) is 9.84 Å². The van der Waals surface area contributed by atoms with Crippen LogP contribution in [0.15, 0.2) is 47.5 Å². The van der Waals surface area contributed by atoms with Gasteiger partial charge in [-0.05, 0) is 62.9 Å². The van der Waals surface area contributed by atoms with E-state index in [-0.39, 0.29) is 22.4 Å². The van der Waals surface area contributed by atoms with Gasteiger partial charge in [-0.15, -0.1) is 0 Å². The first-order valence-electron chi connectivity index (χ1n) is 9.95. The van der Waals surface area contributed by atoms with E-state index in [9.17, 15) is 26.4 Å². The van der Waals surface area contributed by atoms with Crippen LogP contribution >= 0.6 is 0 Å². The van der Waals surface area contributed by atoms with E-state index in [1.54, 1.807) is 4.90 Å². The first-order chi connectivity index (χ1) is 14.9. The van der Waals surface area contributed by atoms with E-state index in [1.165, 1.54) is 38.2 Å². The number of benzene rings is 1. The lowest BCUT2D eigenvalue weighted by atomic mass is 9.85. The lowest BCUT2D eigenvalue weighted by Gasteiger charge is -2.40. The lowest BCUT2D eigenvalue weighted by molar-refractivity contribution is -0.137. The topological polar surface area (TPSA) is 91.1 Å². The molecule has 6 nitrogen and oxygen atoms in total. The quantitative estimate of drug-likeness (QED) is 0.679. The van der Waals surface area contributed by atoms with Crippen LogP contribution in [0.1, 0.15) is 48.3 Å². The van der Waals surface area contributed by atoms with Crippen molar-refractivity contribution >= 4 is 15.7 Å². The molecule has 1 amide bonds. The molecule has 0 radical (unpaired) electrons. The fraction of sp³-hybridized carbons (Fsp3) is 0.409. The highest BCUT2D eigenvalue weighted by molar-refractivity contribution is 7.92. The van der Waals surface area contributed by atoms with Gasteiger partial charge < -0.3 is 4.90 Å². The predicted octanol–water partition coefficient (Wildman–Crippen LogP) is 4.08. The number of carbonyl (C=O) groups excluding carboxylic acids is 1. The number of hydrogen-bond acceptors (Lipinski definition) is 5. The summed E-state index contributed by atoms with van der Waals surface area (Å²) in [5.74, 6) is -0.607. The van der Waals surface area contributed by atoms with Gasteiger partial charge in [0.1, 0.15) is 11.8 Å². The molecular weight excluding hydrogens is 443 g/mol. The van der Waals surface area contributed by atoms with Crippen molar-refractivity contribution in [3.05, 3.63) is 59.4 Å². The van der Waals surface area contributed by atoms with Crippen molar-refractivity contribution in [3.63, 3.8) is 0 Å². The number of hydrogen-bond donors (Lipinski definition) is 0. The second-order valence-corrected chi connectivity index (χ2v) is 10.8. The SMILES string of the molecule is CC(C)(C1CCN(C(=O)c2ccc(C#N)nc2)CC1)S(=O)(=O)c1cccc(C(F)(F)F)c1. The standard InChI is InChI=1S/C22H22F3N3O3S/c1-21(2,32(30,31)19-5-3-4-17(12-19)22(23,24)25)16-8-10-28(11-9-16)20(29)15-6-7-18(13-26)27-14-15/h3-7,12,14,16H,8-11H2,1-2H3. The molecule has 3 rings (SSSR count). The van der Waals surface area contributed by atoms with E-state index in [4.69, 9.17) is 5.26 Å². The van der Waals surface area contributed by atoms with Crippen LogP contribution in [0.5, 0.6) is 0 Å². The normalized spacial score (nSPS) is 15.9. The van der Waals surface area contributed by atoms with Crippen molar-refractivity contribution in [2.45, 2.75) is 42.5 Å². The maximum atomic E-state index is 13.2. The Balaban J connectivity index is 1.75. The average Bonchev–Trinajstić information content (AvgIpc) is 2.78. The largest absolute Gasteiger partial charge is 0.416 e. The van der Waals surface area contributed by atoms with E-state index < -0.39 is 26.3 Å². The lowest BCUT2D eigenvalue weighted by Crippen LogP contribution is -2.47. The molecule has 1 aromatic carbocycles. The number of carbonyl (C=O) groups is 1. The fourth-order valence-corrected chi connectivity index (χ4v) is 5.73. The molecule has 2 heterocycles. The highest BCUT2D eigenvalue weighted by Crippen LogP contribution is 2.39. The number of aromatic nitrogens is 1. The van der Waals surface area contributed by atoms with Gasteiger partial charge in [0.2, 0.25) is 0 Å². The van der Waals surface area contributed by atoms with Crippen molar-refractivity contribution in [1.29, 1.82) is 5.26 Å². The predicted molar refractivity (Wildman–Crippen MR) is 110 cm³/mol. The van der Waals surface area contributed by atoms with Gasteiger partial charge in [-0.2, -0.15) is 18.4 Å². The summed E-state index contributed by atoms with van der Waals surface area (Å²) in [4.78, 5) is 17.8. The number of pyridine rings is 1. The Morgan fingerprint density at radius 1 is 1.16 bits per heavy atom. The summed E-state index contributed by atoms with van der Waals surface area (Å²) in [5.41, 5.74) is -0.481.